The van der Waals surface area contributed by atoms with E-state index in [1.807, 2.05) is 49.2 Å². The number of likely N-dealkylation sites (N-methyl/N-ethyl adjacent to an activating group) is 1. The molecule has 1 rings (SSSR count). The highest BCUT2D eigenvalue weighted by atomic mass is 16.5. The number of para-hydroxylation sites is 1. The molecule has 0 aliphatic heterocycles. The molecular formula is C13H21N3O2. The number of amidine groups is 1. The largest absolute Gasteiger partial charge is 0.494 e. The molecule has 0 heterocycles. The molecule has 0 saturated carbocycles. The van der Waals surface area contributed by atoms with Crippen LogP contribution in [-0.4, -0.2) is 42.2 Å². The Morgan fingerprint density at radius 3 is 2.72 bits per heavy atom. The molecule has 0 saturated heterocycles. The van der Waals surface area contributed by atoms with Crippen molar-refractivity contribution in [1.29, 1.82) is 0 Å². The Morgan fingerprint density at radius 1 is 1.44 bits per heavy atom. The van der Waals surface area contributed by atoms with E-state index in [1.54, 1.807) is 0 Å². The van der Waals surface area contributed by atoms with Gasteiger partial charge in [-0.3, -0.25) is 4.90 Å². The summed E-state index contributed by atoms with van der Waals surface area (Å²) < 4.78 is 5.59. The Kier molecular flexibility index (Phi) is 6.00. The molecule has 0 aliphatic carbocycles. The van der Waals surface area contributed by atoms with Gasteiger partial charge in [0.1, 0.15) is 5.75 Å². The van der Waals surface area contributed by atoms with Gasteiger partial charge in [0.15, 0.2) is 5.84 Å². The summed E-state index contributed by atoms with van der Waals surface area (Å²) in [6.45, 7) is 3.37. The topological polar surface area (TPSA) is 71.1 Å². The van der Waals surface area contributed by atoms with Crippen molar-refractivity contribution >= 4 is 5.84 Å². The van der Waals surface area contributed by atoms with Gasteiger partial charge in [0, 0.05) is 6.54 Å². The number of nitrogens with two attached hydrogens (primary N) is 1. The summed E-state index contributed by atoms with van der Waals surface area (Å²) in [5, 5.41) is 11.6. The number of nitrogens with zero attached hydrogens (tertiary/aromatic N) is 2. The van der Waals surface area contributed by atoms with E-state index in [4.69, 9.17) is 15.7 Å². The van der Waals surface area contributed by atoms with Crippen LogP contribution in [0.25, 0.3) is 0 Å². The van der Waals surface area contributed by atoms with Gasteiger partial charge in [0.25, 0.3) is 0 Å². The van der Waals surface area contributed by atoms with Crippen molar-refractivity contribution in [3.63, 3.8) is 0 Å². The summed E-state index contributed by atoms with van der Waals surface area (Å²) in [6.07, 6.45) is 0.883. The molecule has 0 aliphatic rings. The Morgan fingerprint density at radius 2 is 2.11 bits per heavy atom. The lowest BCUT2D eigenvalue weighted by Crippen LogP contribution is -2.41. The molecule has 1 aromatic carbocycles. The van der Waals surface area contributed by atoms with Crippen molar-refractivity contribution in [2.24, 2.45) is 10.9 Å². The second-order valence-electron chi connectivity index (χ2n) is 4.20. The minimum absolute atomic E-state index is 0.0771. The monoisotopic (exact) mass is 251 g/mol. The molecule has 1 atom stereocenters. The maximum Gasteiger partial charge on any atom is 0.156 e. The smallest absolute Gasteiger partial charge is 0.156 e. The molecule has 100 valence electrons. The highest BCUT2D eigenvalue weighted by Gasteiger charge is 2.12. The first-order chi connectivity index (χ1) is 8.65. The van der Waals surface area contributed by atoms with Gasteiger partial charge in [-0.2, -0.15) is 0 Å². The molecule has 0 radical (unpaired) electrons. The molecule has 3 N–H and O–H groups in total. The summed E-state index contributed by atoms with van der Waals surface area (Å²) >= 11 is 0. The fourth-order valence-corrected chi connectivity index (χ4v) is 1.52. The normalized spacial score (nSPS) is 13.6. The van der Waals surface area contributed by atoms with E-state index in [9.17, 15) is 0 Å². The molecule has 0 amide bonds. The van der Waals surface area contributed by atoms with Crippen LogP contribution < -0.4 is 10.5 Å². The molecule has 0 bridgehead atoms. The van der Waals surface area contributed by atoms with E-state index >= 15 is 0 Å². The van der Waals surface area contributed by atoms with Crippen LogP contribution in [0.5, 0.6) is 5.75 Å². The Balaban J connectivity index is 2.22. The first-order valence-electron chi connectivity index (χ1n) is 6.00. The van der Waals surface area contributed by atoms with E-state index < -0.39 is 0 Å². The zero-order valence-electron chi connectivity index (χ0n) is 10.9. The molecule has 5 nitrogen and oxygen atoms in total. The van der Waals surface area contributed by atoms with Gasteiger partial charge >= 0.3 is 0 Å². The third kappa shape index (κ3) is 4.63. The Bertz CT molecular complexity index is 368. The van der Waals surface area contributed by atoms with E-state index in [2.05, 4.69) is 5.16 Å². The average Bonchev–Trinajstić information content (AvgIpc) is 2.42. The van der Waals surface area contributed by atoms with Crippen molar-refractivity contribution < 1.29 is 9.94 Å². The number of hydrogen-bond donors (Lipinski definition) is 2. The summed E-state index contributed by atoms with van der Waals surface area (Å²) in [6, 6.07) is 9.64. The van der Waals surface area contributed by atoms with Crippen LogP contribution in [0.1, 0.15) is 13.3 Å². The number of ether oxygens (including phenoxy) is 1. The number of benzene rings is 1. The second kappa shape index (κ2) is 7.55. The lowest BCUT2D eigenvalue weighted by atomic mass is 10.2. The zero-order valence-corrected chi connectivity index (χ0v) is 10.9. The SMILES string of the molecule is CC(C(N)=NO)N(C)CCCOc1ccccc1. The lowest BCUT2D eigenvalue weighted by molar-refractivity contribution is 0.246. The van der Waals surface area contributed by atoms with E-state index in [-0.39, 0.29) is 11.9 Å². The van der Waals surface area contributed by atoms with Crippen LogP contribution in [0.4, 0.5) is 0 Å². The van der Waals surface area contributed by atoms with Crippen LogP contribution >= 0.6 is 0 Å². The second-order valence-corrected chi connectivity index (χ2v) is 4.20. The average molecular weight is 251 g/mol. The van der Waals surface area contributed by atoms with Gasteiger partial charge < -0.3 is 15.7 Å². The Labute approximate surface area is 108 Å². The minimum atomic E-state index is -0.0771. The van der Waals surface area contributed by atoms with Gasteiger partial charge in [0.2, 0.25) is 0 Å². The molecule has 1 unspecified atom stereocenters. The molecule has 5 heteroatoms. The third-order valence-corrected chi connectivity index (χ3v) is 2.87. The molecule has 0 fully saturated rings. The molecule has 18 heavy (non-hydrogen) atoms. The van der Waals surface area contributed by atoms with Gasteiger partial charge in [-0.05, 0) is 32.5 Å². The van der Waals surface area contributed by atoms with Crippen molar-refractivity contribution in [3.05, 3.63) is 30.3 Å². The fourth-order valence-electron chi connectivity index (χ4n) is 1.52. The van der Waals surface area contributed by atoms with Crippen LogP contribution in [0.2, 0.25) is 0 Å². The third-order valence-electron chi connectivity index (χ3n) is 2.87. The predicted octanol–water partition coefficient (Wildman–Crippen LogP) is 1.52. The molecule has 1 aromatic rings. The van der Waals surface area contributed by atoms with E-state index in [0.29, 0.717) is 6.61 Å². The number of rotatable bonds is 7. The first-order valence-corrected chi connectivity index (χ1v) is 6.00. The Hall–Kier alpha value is -1.75. The maximum atomic E-state index is 8.59. The van der Waals surface area contributed by atoms with E-state index in [1.165, 1.54) is 0 Å². The molecule has 0 spiro atoms. The van der Waals surface area contributed by atoms with Crippen molar-refractivity contribution in [2.75, 3.05) is 20.2 Å². The van der Waals surface area contributed by atoms with Gasteiger partial charge in [-0.25, -0.2) is 0 Å². The van der Waals surface area contributed by atoms with Gasteiger partial charge in [-0.1, -0.05) is 23.4 Å². The van der Waals surface area contributed by atoms with Gasteiger partial charge in [-0.15, -0.1) is 0 Å². The van der Waals surface area contributed by atoms with Crippen LogP contribution in [0, 0.1) is 0 Å². The standard InChI is InChI=1S/C13H21N3O2/c1-11(13(14)15-17)16(2)9-6-10-18-12-7-4-3-5-8-12/h3-5,7-8,11,17H,6,9-10H2,1-2H3,(H2,14,15). The minimum Gasteiger partial charge on any atom is -0.494 e. The summed E-state index contributed by atoms with van der Waals surface area (Å²) in [5.41, 5.74) is 5.54. The summed E-state index contributed by atoms with van der Waals surface area (Å²) in [4.78, 5) is 2.02. The summed E-state index contributed by atoms with van der Waals surface area (Å²) in [7, 11) is 1.94. The number of hydrogen-bond acceptors (Lipinski definition) is 4. The zero-order chi connectivity index (χ0) is 13.4. The van der Waals surface area contributed by atoms with Crippen LogP contribution in [0.15, 0.2) is 35.5 Å². The maximum absolute atomic E-state index is 8.59. The number of oxime groups is 1. The van der Waals surface area contributed by atoms with Crippen molar-refractivity contribution in [1.82, 2.24) is 4.90 Å². The van der Waals surface area contributed by atoms with Crippen molar-refractivity contribution in [2.45, 2.75) is 19.4 Å². The van der Waals surface area contributed by atoms with Gasteiger partial charge in [0.05, 0.1) is 12.6 Å². The highest BCUT2D eigenvalue weighted by molar-refractivity contribution is 5.84. The van der Waals surface area contributed by atoms with E-state index in [0.717, 1.165) is 18.7 Å². The van der Waals surface area contributed by atoms with Crippen LogP contribution in [-0.2, 0) is 0 Å². The highest BCUT2D eigenvalue weighted by Crippen LogP contribution is 2.08. The quantitative estimate of drug-likeness (QED) is 0.253. The van der Waals surface area contributed by atoms with Crippen LogP contribution in [0.3, 0.4) is 0 Å². The molecular weight excluding hydrogens is 230 g/mol. The summed E-state index contributed by atoms with van der Waals surface area (Å²) in [5.74, 6) is 1.10. The first kappa shape index (κ1) is 14.3. The molecule has 0 aromatic heterocycles. The predicted molar refractivity (Wildman–Crippen MR) is 72.1 cm³/mol. The lowest BCUT2D eigenvalue weighted by Gasteiger charge is -2.23. The van der Waals surface area contributed by atoms with Crippen molar-refractivity contribution in [3.8, 4) is 5.75 Å². The fraction of sp³-hybridized carbons (Fsp3) is 0.462.